The van der Waals surface area contributed by atoms with E-state index >= 15 is 0 Å². The van der Waals surface area contributed by atoms with Gasteiger partial charge in [0.05, 0.1) is 10.9 Å². The van der Waals surface area contributed by atoms with E-state index in [1.165, 1.54) is 14.7 Å². The molecule has 0 aliphatic carbocycles. The van der Waals surface area contributed by atoms with Crippen LogP contribution >= 0.6 is 0 Å². The maximum atomic E-state index is 11.5. The lowest BCUT2D eigenvalue weighted by Gasteiger charge is -2.16. The van der Waals surface area contributed by atoms with Crippen LogP contribution in [0.3, 0.4) is 0 Å². The SMILES string of the molecule is O=S(=O)([O-])C(F)(F)CO.c1ccc([S+](c2ccccc2)c2ccccc2)cc1. The Bertz CT molecular complexity index is 857. The van der Waals surface area contributed by atoms with Gasteiger partial charge in [0.2, 0.25) is 0 Å². The molecule has 3 aromatic carbocycles. The number of halogens is 2. The second-order valence-electron chi connectivity index (χ2n) is 5.49. The maximum absolute atomic E-state index is 11.5. The van der Waals surface area contributed by atoms with Crippen LogP contribution in [-0.4, -0.2) is 29.9 Å². The molecule has 0 bridgehead atoms. The van der Waals surface area contributed by atoms with Gasteiger partial charge in [-0.05, 0) is 36.4 Å². The first-order valence-electron chi connectivity index (χ1n) is 8.10. The standard InChI is InChI=1S/C18H15S.C2H4F2O4S/c1-4-10-16(11-5-1)19(17-12-6-2-7-13-17)18-14-8-3-9-15-18;3-2(4,1-5)9(6,7)8/h1-15H;5H,1H2,(H,6,7,8)/q+1;/p-1. The monoisotopic (exact) mass is 424 g/mol. The molecule has 3 rings (SSSR count). The fourth-order valence-corrected chi connectivity index (χ4v) is 4.42. The molecular formula is C20H18F2O4S2. The summed E-state index contributed by atoms with van der Waals surface area (Å²) < 4.78 is 51.3. The molecule has 3 aromatic rings. The normalized spacial score (nSPS) is 11.6. The van der Waals surface area contributed by atoms with Gasteiger partial charge < -0.3 is 9.66 Å². The molecule has 0 aliphatic rings. The lowest BCUT2D eigenvalue weighted by atomic mass is 10.4. The lowest BCUT2D eigenvalue weighted by molar-refractivity contribution is 0.0179. The van der Waals surface area contributed by atoms with E-state index in [4.69, 9.17) is 5.11 Å². The maximum Gasteiger partial charge on any atom is 0.356 e. The summed E-state index contributed by atoms with van der Waals surface area (Å²) in [5.41, 5.74) is 0. The molecule has 0 amide bonds. The Morgan fingerprint density at radius 1 is 0.750 bits per heavy atom. The van der Waals surface area contributed by atoms with E-state index in [1.807, 2.05) is 0 Å². The number of rotatable bonds is 5. The zero-order chi connectivity index (χ0) is 20.6. The zero-order valence-corrected chi connectivity index (χ0v) is 16.2. The minimum absolute atomic E-state index is 0.0146. The van der Waals surface area contributed by atoms with Crippen LogP contribution in [-0.2, 0) is 21.0 Å². The predicted octanol–water partition coefficient (Wildman–Crippen LogP) is 3.90. The Morgan fingerprint density at radius 2 is 1.04 bits per heavy atom. The fourth-order valence-electron chi connectivity index (χ4n) is 2.16. The van der Waals surface area contributed by atoms with Crippen molar-refractivity contribution in [1.82, 2.24) is 0 Å². The first kappa shape index (κ1) is 22.0. The Balaban J connectivity index is 0.000000266. The molecule has 28 heavy (non-hydrogen) atoms. The minimum atomic E-state index is -5.69. The average molecular weight is 424 g/mol. The van der Waals surface area contributed by atoms with Gasteiger partial charge in [-0.1, -0.05) is 54.6 Å². The van der Waals surface area contributed by atoms with Crippen LogP contribution in [0, 0.1) is 0 Å². The predicted molar refractivity (Wildman–Crippen MR) is 103 cm³/mol. The van der Waals surface area contributed by atoms with Crippen LogP contribution in [0.5, 0.6) is 0 Å². The fraction of sp³-hybridized carbons (Fsp3) is 0.100. The molecule has 0 saturated heterocycles. The molecule has 148 valence electrons. The lowest BCUT2D eigenvalue weighted by Crippen LogP contribution is -2.32. The first-order valence-corrected chi connectivity index (χ1v) is 10.7. The van der Waals surface area contributed by atoms with E-state index < -0.39 is 22.0 Å². The largest absolute Gasteiger partial charge is 0.743 e. The van der Waals surface area contributed by atoms with Crippen molar-refractivity contribution in [3.63, 3.8) is 0 Å². The highest BCUT2D eigenvalue weighted by atomic mass is 32.2. The molecule has 0 spiro atoms. The number of alkyl halides is 2. The average Bonchev–Trinajstić information content (AvgIpc) is 2.70. The second-order valence-corrected chi connectivity index (χ2v) is 9.03. The van der Waals surface area contributed by atoms with Gasteiger partial charge in [-0.3, -0.25) is 0 Å². The van der Waals surface area contributed by atoms with Gasteiger partial charge in [-0.25, -0.2) is 8.42 Å². The third-order valence-electron chi connectivity index (χ3n) is 3.49. The Morgan fingerprint density at radius 3 is 1.21 bits per heavy atom. The van der Waals surface area contributed by atoms with Crippen molar-refractivity contribution >= 4 is 21.0 Å². The molecule has 0 atom stereocenters. The van der Waals surface area contributed by atoms with Crippen LogP contribution in [0.1, 0.15) is 0 Å². The molecule has 0 saturated carbocycles. The molecule has 0 aliphatic heterocycles. The van der Waals surface area contributed by atoms with Gasteiger partial charge in [0.25, 0.3) is 0 Å². The number of aliphatic hydroxyl groups is 1. The number of aliphatic hydroxyl groups excluding tert-OH is 1. The van der Waals surface area contributed by atoms with Crippen LogP contribution in [0.4, 0.5) is 8.78 Å². The molecule has 0 radical (unpaired) electrons. The van der Waals surface area contributed by atoms with Gasteiger partial charge in [-0.2, -0.15) is 8.78 Å². The highest BCUT2D eigenvalue weighted by Crippen LogP contribution is 2.30. The van der Waals surface area contributed by atoms with Gasteiger partial charge in [-0.15, -0.1) is 0 Å². The van der Waals surface area contributed by atoms with Crippen molar-refractivity contribution in [2.45, 2.75) is 19.9 Å². The van der Waals surface area contributed by atoms with Gasteiger partial charge in [0, 0.05) is 0 Å². The van der Waals surface area contributed by atoms with Crippen molar-refractivity contribution in [1.29, 1.82) is 0 Å². The summed E-state index contributed by atoms with van der Waals surface area (Å²) in [6.45, 7) is -1.97. The summed E-state index contributed by atoms with van der Waals surface area (Å²) >= 11 is 0. The third kappa shape index (κ3) is 5.87. The molecule has 0 aromatic heterocycles. The number of hydrogen-bond donors (Lipinski definition) is 1. The Hall–Kier alpha value is -2.26. The van der Waals surface area contributed by atoms with E-state index in [0.717, 1.165) is 0 Å². The van der Waals surface area contributed by atoms with E-state index in [1.54, 1.807) is 0 Å². The quantitative estimate of drug-likeness (QED) is 0.498. The molecule has 0 heterocycles. The van der Waals surface area contributed by atoms with Crippen molar-refractivity contribution in [2.24, 2.45) is 0 Å². The molecule has 8 heteroatoms. The summed E-state index contributed by atoms with van der Waals surface area (Å²) in [7, 11) is -5.70. The van der Waals surface area contributed by atoms with Crippen molar-refractivity contribution in [3.8, 4) is 0 Å². The zero-order valence-electron chi connectivity index (χ0n) is 14.6. The summed E-state index contributed by atoms with van der Waals surface area (Å²) in [4.78, 5) is 4.08. The van der Waals surface area contributed by atoms with Gasteiger partial charge >= 0.3 is 5.25 Å². The third-order valence-corrected chi connectivity index (χ3v) is 6.58. The number of benzene rings is 3. The molecule has 0 unspecified atom stereocenters. The van der Waals surface area contributed by atoms with E-state index in [2.05, 4.69) is 91.0 Å². The summed E-state index contributed by atoms with van der Waals surface area (Å²) in [6.07, 6.45) is 0. The summed E-state index contributed by atoms with van der Waals surface area (Å²) in [6, 6.07) is 32.2. The number of hydrogen-bond acceptors (Lipinski definition) is 4. The molecule has 0 fully saturated rings. The topological polar surface area (TPSA) is 77.4 Å². The van der Waals surface area contributed by atoms with Crippen LogP contribution in [0.15, 0.2) is 106 Å². The minimum Gasteiger partial charge on any atom is -0.743 e. The molecule has 4 nitrogen and oxygen atoms in total. The second kappa shape index (κ2) is 9.79. The Kier molecular flexibility index (Phi) is 7.70. The van der Waals surface area contributed by atoms with Crippen molar-refractivity contribution in [3.05, 3.63) is 91.0 Å². The van der Waals surface area contributed by atoms with E-state index in [0.29, 0.717) is 0 Å². The Labute approximate surface area is 165 Å². The van der Waals surface area contributed by atoms with Crippen LogP contribution in [0.2, 0.25) is 0 Å². The molecular weight excluding hydrogens is 406 g/mol. The van der Waals surface area contributed by atoms with Crippen molar-refractivity contribution in [2.75, 3.05) is 6.61 Å². The molecule has 1 N–H and O–H groups in total. The van der Waals surface area contributed by atoms with E-state index in [9.17, 15) is 21.8 Å². The summed E-state index contributed by atoms with van der Waals surface area (Å²) in [5.74, 6) is 0. The van der Waals surface area contributed by atoms with Crippen molar-refractivity contribution < 1.29 is 26.9 Å². The van der Waals surface area contributed by atoms with Crippen LogP contribution in [0.25, 0.3) is 0 Å². The van der Waals surface area contributed by atoms with Gasteiger partial charge in [0.1, 0.15) is 6.61 Å². The van der Waals surface area contributed by atoms with Crippen LogP contribution < -0.4 is 0 Å². The first-order chi connectivity index (χ1) is 13.3. The highest BCUT2D eigenvalue weighted by molar-refractivity contribution is 7.97. The summed E-state index contributed by atoms with van der Waals surface area (Å²) in [5, 5.41) is 3.05. The van der Waals surface area contributed by atoms with E-state index in [-0.39, 0.29) is 10.9 Å². The highest BCUT2D eigenvalue weighted by Gasteiger charge is 2.36. The van der Waals surface area contributed by atoms with Gasteiger partial charge in [0.15, 0.2) is 24.8 Å². The smallest absolute Gasteiger partial charge is 0.356 e.